The Morgan fingerprint density at radius 3 is 1.74 bits per heavy atom. The number of imidazole rings is 1. The van der Waals surface area contributed by atoms with Crippen LogP contribution in [0.15, 0.2) is 89.9 Å². The van der Waals surface area contributed by atoms with E-state index in [4.69, 9.17) is 9.47 Å². The van der Waals surface area contributed by atoms with Crippen LogP contribution in [-0.4, -0.2) is 29.5 Å². The molecule has 0 N–H and O–H groups in total. The first-order valence-corrected chi connectivity index (χ1v) is 16.0. The summed E-state index contributed by atoms with van der Waals surface area (Å²) in [4.78, 5) is 3.86. The summed E-state index contributed by atoms with van der Waals surface area (Å²) in [6, 6.07) is 27.4. The van der Waals surface area contributed by atoms with Crippen molar-refractivity contribution in [2.24, 2.45) is 19.1 Å². The van der Waals surface area contributed by atoms with Crippen LogP contribution in [0.1, 0.15) is 68.8 Å². The molecule has 0 bridgehead atoms. The standard InChI is InChI=1S/C13H17NOS.C13H20O.C10H10F3N2.HI/c16-12-14-9-5-2-6-10-15-11-13-7-3-1-4-8-13;1-2-3-4-8-11-14-12-13-9-6-5-7-10-13;1-14-7-5-3-4-6-8(7)15(2)9(14)10(11,12)13;/h1,3-4,7-8H,2,5-6,9-11H2;5-7,9-10H,2-4,8,11-12H2,1H3;3-6H,1-2H3;1H/q;;+1;/p-1. The molecule has 0 fully saturated rings. The number of benzene rings is 3. The van der Waals surface area contributed by atoms with Gasteiger partial charge in [0.25, 0.3) is 0 Å². The maximum Gasteiger partial charge on any atom is 0.495 e. The first-order valence-electron chi connectivity index (χ1n) is 15.6. The summed E-state index contributed by atoms with van der Waals surface area (Å²) in [5.74, 6) is -0.649. The Labute approximate surface area is 294 Å². The Bertz CT molecular complexity index is 1360. The highest BCUT2D eigenvalue weighted by molar-refractivity contribution is 7.78. The van der Waals surface area contributed by atoms with E-state index in [1.54, 1.807) is 24.3 Å². The van der Waals surface area contributed by atoms with Crippen molar-refractivity contribution in [3.05, 3.63) is 102 Å². The molecule has 0 unspecified atom stereocenters. The number of fused-ring (bicyclic) bond motifs is 1. The van der Waals surface area contributed by atoms with Gasteiger partial charge >= 0.3 is 12.0 Å². The van der Waals surface area contributed by atoms with Crippen LogP contribution in [-0.2, 0) is 43.0 Å². The number of isothiocyanates is 1. The van der Waals surface area contributed by atoms with E-state index < -0.39 is 12.0 Å². The lowest BCUT2D eigenvalue weighted by atomic mass is 10.2. The molecule has 46 heavy (non-hydrogen) atoms. The number of aliphatic imine (C=N–C) groups is 1. The Morgan fingerprint density at radius 2 is 1.26 bits per heavy atom. The van der Waals surface area contributed by atoms with Crippen LogP contribution in [0.5, 0.6) is 0 Å². The molecule has 5 nitrogen and oxygen atoms in total. The molecule has 0 aliphatic heterocycles. The highest BCUT2D eigenvalue weighted by Crippen LogP contribution is 2.29. The van der Waals surface area contributed by atoms with E-state index in [1.807, 2.05) is 24.3 Å². The van der Waals surface area contributed by atoms with Crippen LogP contribution in [0.4, 0.5) is 13.2 Å². The number of ether oxygens (including phenoxy) is 2. The number of alkyl halides is 3. The third-order valence-corrected chi connectivity index (χ3v) is 7.11. The lowest BCUT2D eigenvalue weighted by Gasteiger charge is -2.03. The van der Waals surface area contributed by atoms with Gasteiger partial charge in [0.1, 0.15) is 0 Å². The van der Waals surface area contributed by atoms with E-state index in [9.17, 15) is 13.2 Å². The predicted octanol–water partition coefficient (Wildman–Crippen LogP) is 6.29. The van der Waals surface area contributed by atoms with Crippen LogP contribution in [0, 0.1) is 0 Å². The maximum atomic E-state index is 12.7. The van der Waals surface area contributed by atoms with Crippen LogP contribution >= 0.6 is 12.2 Å². The fourth-order valence-corrected chi connectivity index (χ4v) is 4.73. The molecule has 4 rings (SSSR count). The molecule has 1 heterocycles. The second-order valence-corrected chi connectivity index (χ2v) is 10.8. The van der Waals surface area contributed by atoms with E-state index in [2.05, 4.69) is 65.7 Å². The molecular formula is C36H47F3IN3O2S. The summed E-state index contributed by atoms with van der Waals surface area (Å²) >= 11 is 4.48. The van der Waals surface area contributed by atoms with E-state index >= 15 is 0 Å². The number of aromatic nitrogens is 2. The number of unbranched alkanes of at least 4 members (excludes halogenated alkanes) is 5. The van der Waals surface area contributed by atoms with Crippen molar-refractivity contribution in [1.82, 2.24) is 4.57 Å². The molecule has 0 saturated heterocycles. The van der Waals surface area contributed by atoms with Gasteiger partial charge in [-0.1, -0.05) is 99.0 Å². The smallest absolute Gasteiger partial charge is 0.495 e. The highest BCUT2D eigenvalue weighted by Gasteiger charge is 2.45. The number of nitrogens with zero attached hydrogens (tertiary/aromatic N) is 3. The van der Waals surface area contributed by atoms with Crippen molar-refractivity contribution in [3.8, 4) is 0 Å². The van der Waals surface area contributed by atoms with Gasteiger partial charge in [0.15, 0.2) is 11.0 Å². The van der Waals surface area contributed by atoms with Crippen LogP contribution < -0.4 is 28.5 Å². The number of hydrogen-bond donors (Lipinski definition) is 0. The molecule has 252 valence electrons. The zero-order chi connectivity index (χ0) is 32.8. The highest BCUT2D eigenvalue weighted by atomic mass is 127. The average Bonchev–Trinajstić information content (AvgIpc) is 3.31. The molecule has 0 aliphatic rings. The Morgan fingerprint density at radius 1 is 0.761 bits per heavy atom. The Hall–Kier alpha value is -2.63. The van der Waals surface area contributed by atoms with Gasteiger partial charge in [-0.15, -0.1) is 0 Å². The number of para-hydroxylation sites is 2. The first-order chi connectivity index (χ1) is 21.8. The van der Waals surface area contributed by atoms with E-state index in [0.29, 0.717) is 17.6 Å². The second-order valence-electron chi connectivity index (χ2n) is 10.6. The predicted molar refractivity (Wildman–Crippen MR) is 179 cm³/mol. The van der Waals surface area contributed by atoms with Crippen molar-refractivity contribution >= 4 is 28.4 Å². The van der Waals surface area contributed by atoms with Crippen molar-refractivity contribution in [3.63, 3.8) is 0 Å². The number of rotatable bonds is 15. The monoisotopic (exact) mass is 769 g/mol. The van der Waals surface area contributed by atoms with Gasteiger partial charge in [0.05, 0.1) is 32.5 Å². The topological polar surface area (TPSA) is 39.6 Å². The average molecular weight is 770 g/mol. The van der Waals surface area contributed by atoms with Crippen LogP contribution in [0.25, 0.3) is 11.0 Å². The minimum Gasteiger partial charge on any atom is -1.00 e. The molecule has 0 radical (unpaired) electrons. The number of halogens is 4. The second kappa shape index (κ2) is 24.5. The Kier molecular flexibility index (Phi) is 22.1. The molecule has 0 saturated carbocycles. The third kappa shape index (κ3) is 16.3. The summed E-state index contributed by atoms with van der Waals surface area (Å²) in [7, 11) is 2.84. The van der Waals surface area contributed by atoms with E-state index in [-0.39, 0.29) is 24.0 Å². The largest absolute Gasteiger partial charge is 1.00 e. The SMILES string of the molecule is CCCCCCOCc1ccccc1.Cn1c(C(F)(F)F)[n+](C)c2ccccc21.S=C=NCCCCCOCc1ccccc1.[I-]. The minimum atomic E-state index is -4.33. The zero-order valence-corrected chi connectivity index (χ0v) is 30.1. The van der Waals surface area contributed by atoms with Gasteiger partial charge in [0, 0.05) is 19.8 Å². The van der Waals surface area contributed by atoms with Gasteiger partial charge in [0.2, 0.25) is 0 Å². The van der Waals surface area contributed by atoms with Crippen molar-refractivity contribution < 1.29 is 51.2 Å². The molecule has 10 heteroatoms. The lowest BCUT2D eigenvalue weighted by molar-refractivity contribution is -0.667. The molecule has 1 aromatic heterocycles. The molecule has 0 aliphatic carbocycles. The zero-order valence-electron chi connectivity index (χ0n) is 27.1. The fourth-order valence-electron chi connectivity index (χ4n) is 4.64. The quantitative estimate of drug-likeness (QED) is 0.0470. The molecule has 0 amide bonds. The van der Waals surface area contributed by atoms with Crippen LogP contribution in [0.2, 0.25) is 0 Å². The number of hydrogen-bond acceptors (Lipinski definition) is 4. The van der Waals surface area contributed by atoms with Gasteiger partial charge in [-0.3, -0.25) is 0 Å². The summed E-state index contributed by atoms with van der Waals surface area (Å²) in [5, 5.41) is 2.37. The lowest BCUT2D eigenvalue weighted by Crippen LogP contribution is -3.00. The molecule has 3 aromatic carbocycles. The maximum absolute atomic E-state index is 12.7. The summed E-state index contributed by atoms with van der Waals surface area (Å²) < 4.78 is 51.6. The van der Waals surface area contributed by atoms with Crippen molar-refractivity contribution in [2.45, 2.75) is 71.3 Å². The van der Waals surface area contributed by atoms with E-state index in [1.165, 1.54) is 50.9 Å². The molecule has 4 aromatic rings. The summed E-state index contributed by atoms with van der Waals surface area (Å²) in [6.07, 6.45) is 4.06. The third-order valence-electron chi connectivity index (χ3n) is 6.98. The summed E-state index contributed by atoms with van der Waals surface area (Å²) in [6.45, 7) is 6.20. The van der Waals surface area contributed by atoms with E-state index in [0.717, 1.165) is 54.8 Å². The van der Waals surface area contributed by atoms with Gasteiger partial charge in [-0.05, 0) is 61.2 Å². The number of thiocarbonyl (C=S) groups is 1. The molecule has 0 atom stereocenters. The van der Waals surface area contributed by atoms with Crippen molar-refractivity contribution in [1.29, 1.82) is 0 Å². The van der Waals surface area contributed by atoms with Crippen LogP contribution in [0.3, 0.4) is 0 Å². The summed E-state index contributed by atoms with van der Waals surface area (Å²) in [5.41, 5.74) is 3.65. The Balaban J connectivity index is 0.000000342. The molecule has 0 spiro atoms. The molecular weight excluding hydrogens is 722 g/mol. The van der Waals surface area contributed by atoms with Crippen molar-refractivity contribution in [2.75, 3.05) is 19.8 Å². The number of aryl methyl sites for hydroxylation is 2. The normalized spacial score (nSPS) is 10.6. The fraction of sp³-hybridized carbons (Fsp3) is 0.444. The minimum absolute atomic E-state index is 0. The first kappa shape index (κ1) is 41.4. The van der Waals surface area contributed by atoms with Gasteiger partial charge < -0.3 is 33.5 Å². The van der Waals surface area contributed by atoms with Gasteiger partial charge in [-0.2, -0.15) is 13.2 Å². The van der Waals surface area contributed by atoms with Gasteiger partial charge in [-0.25, -0.2) is 14.1 Å².